The number of ether oxygens (including phenoxy) is 2. The number of tetrazole rings is 1. The second-order valence-electron chi connectivity index (χ2n) is 7.82. The monoisotopic (exact) mass is 423 g/mol. The summed E-state index contributed by atoms with van der Waals surface area (Å²) in [6.07, 6.45) is 0.993. The molecule has 0 amide bonds. The molecule has 4 rings (SSSR count). The summed E-state index contributed by atoms with van der Waals surface area (Å²) in [5, 5.41) is 12.7. The maximum Gasteiger partial charge on any atom is 0.209 e. The molecule has 1 aromatic heterocycles. The summed E-state index contributed by atoms with van der Waals surface area (Å²) in [6.45, 7) is 6.90. The molecule has 0 spiro atoms. The van der Waals surface area contributed by atoms with Crippen LogP contribution in [-0.2, 0) is 6.54 Å². The van der Waals surface area contributed by atoms with Crippen molar-refractivity contribution in [2.75, 3.05) is 45.3 Å². The van der Waals surface area contributed by atoms with Crippen LogP contribution in [0.3, 0.4) is 0 Å². The van der Waals surface area contributed by atoms with Crippen LogP contribution in [0.15, 0.2) is 48.5 Å². The van der Waals surface area contributed by atoms with Crippen LogP contribution in [0.1, 0.15) is 30.8 Å². The number of nitrogens with one attached hydrogen (secondary N) is 1. The lowest BCUT2D eigenvalue weighted by molar-refractivity contribution is -0.933. The Morgan fingerprint density at radius 3 is 2.42 bits per heavy atom. The van der Waals surface area contributed by atoms with Crippen molar-refractivity contribution in [3.8, 4) is 11.5 Å². The molecule has 2 aromatic carbocycles. The van der Waals surface area contributed by atoms with Gasteiger partial charge in [0.2, 0.25) is 5.82 Å². The highest BCUT2D eigenvalue weighted by Crippen LogP contribution is 2.27. The molecule has 3 aromatic rings. The molecule has 164 valence electrons. The quantitative estimate of drug-likeness (QED) is 0.594. The van der Waals surface area contributed by atoms with Crippen LogP contribution in [0.2, 0.25) is 0 Å². The van der Waals surface area contributed by atoms with Crippen LogP contribution < -0.4 is 19.3 Å². The number of methoxy groups -OCH3 is 2. The average molecular weight is 424 g/mol. The molecule has 0 bridgehead atoms. The zero-order chi connectivity index (χ0) is 21.6. The van der Waals surface area contributed by atoms with E-state index in [2.05, 4.69) is 51.6 Å². The molecule has 1 aliphatic rings. The summed E-state index contributed by atoms with van der Waals surface area (Å²) in [6, 6.07) is 16.6. The molecule has 1 aliphatic heterocycles. The number of quaternary nitrogens is 1. The van der Waals surface area contributed by atoms with Gasteiger partial charge in [-0.1, -0.05) is 31.2 Å². The zero-order valence-corrected chi connectivity index (χ0v) is 18.5. The molecule has 0 radical (unpaired) electrons. The van der Waals surface area contributed by atoms with Crippen LogP contribution in [0.25, 0.3) is 0 Å². The lowest BCUT2D eigenvalue weighted by atomic mass is 10.1. The number of hydrogen-bond donors (Lipinski definition) is 1. The van der Waals surface area contributed by atoms with Gasteiger partial charge in [0.15, 0.2) is 0 Å². The van der Waals surface area contributed by atoms with E-state index in [4.69, 9.17) is 9.47 Å². The number of nitrogens with zero attached hydrogens (tertiary/aromatic N) is 5. The standard InChI is InChI=1S/C23H30N6O2/c1-4-20(23-24-25-26-29(23)17-18-9-11-19(30-2)12-10-18)27-13-15-28(16-14-27)21-7-5-6-8-22(21)31-3/h5-12,20H,4,13-17H2,1-3H3/p+1/t20-/m0/s1. The predicted octanol–water partition coefficient (Wildman–Crippen LogP) is 1.59. The molecule has 1 atom stereocenters. The molecule has 0 saturated carbocycles. The van der Waals surface area contributed by atoms with Gasteiger partial charge >= 0.3 is 0 Å². The maximum absolute atomic E-state index is 5.55. The summed E-state index contributed by atoms with van der Waals surface area (Å²) in [5.74, 6) is 2.74. The largest absolute Gasteiger partial charge is 0.497 e. The molecule has 0 unspecified atom stereocenters. The van der Waals surface area contributed by atoms with Gasteiger partial charge < -0.3 is 19.3 Å². The zero-order valence-electron chi connectivity index (χ0n) is 18.5. The van der Waals surface area contributed by atoms with Crippen molar-refractivity contribution in [2.24, 2.45) is 0 Å². The minimum atomic E-state index is 0.271. The Hall–Kier alpha value is -3.13. The summed E-state index contributed by atoms with van der Waals surface area (Å²) < 4.78 is 12.7. The second-order valence-corrected chi connectivity index (χ2v) is 7.82. The van der Waals surface area contributed by atoms with E-state index in [9.17, 15) is 0 Å². The van der Waals surface area contributed by atoms with E-state index < -0.39 is 0 Å². The average Bonchev–Trinajstić information content (AvgIpc) is 3.28. The number of rotatable bonds is 8. The number of hydrogen-bond acceptors (Lipinski definition) is 6. The third-order valence-corrected chi connectivity index (χ3v) is 6.10. The van der Waals surface area contributed by atoms with Crippen molar-refractivity contribution in [3.63, 3.8) is 0 Å². The van der Waals surface area contributed by atoms with Gasteiger partial charge in [0.25, 0.3) is 0 Å². The van der Waals surface area contributed by atoms with Gasteiger partial charge in [-0.3, -0.25) is 0 Å². The van der Waals surface area contributed by atoms with E-state index in [0.717, 1.165) is 55.5 Å². The molecule has 1 fully saturated rings. The molecule has 8 nitrogen and oxygen atoms in total. The third-order valence-electron chi connectivity index (χ3n) is 6.10. The van der Waals surface area contributed by atoms with Crippen LogP contribution in [-0.4, -0.2) is 60.6 Å². The summed E-state index contributed by atoms with van der Waals surface area (Å²) in [7, 11) is 3.41. The van der Waals surface area contributed by atoms with Crippen LogP contribution in [0.4, 0.5) is 5.69 Å². The third kappa shape index (κ3) is 4.64. The van der Waals surface area contributed by atoms with E-state index in [1.54, 1.807) is 14.2 Å². The minimum Gasteiger partial charge on any atom is -0.497 e. The molecular weight excluding hydrogens is 392 g/mol. The fourth-order valence-corrected chi connectivity index (χ4v) is 4.41. The fraction of sp³-hybridized carbons (Fsp3) is 0.435. The summed E-state index contributed by atoms with van der Waals surface area (Å²) >= 11 is 0. The van der Waals surface area contributed by atoms with Gasteiger partial charge in [0, 0.05) is 6.42 Å². The second kappa shape index (κ2) is 9.78. The molecule has 1 saturated heterocycles. The van der Waals surface area contributed by atoms with E-state index in [-0.39, 0.29) is 6.04 Å². The highest BCUT2D eigenvalue weighted by molar-refractivity contribution is 5.58. The Morgan fingerprint density at radius 1 is 1.00 bits per heavy atom. The van der Waals surface area contributed by atoms with Gasteiger partial charge in [-0.25, -0.2) is 4.68 Å². The van der Waals surface area contributed by atoms with Gasteiger partial charge in [-0.05, 0) is 40.3 Å². The lowest BCUT2D eigenvalue weighted by Gasteiger charge is -2.37. The Balaban J connectivity index is 1.45. The normalized spacial score (nSPS) is 15.6. The number of benzene rings is 2. The lowest BCUT2D eigenvalue weighted by Crippen LogP contribution is -3.15. The van der Waals surface area contributed by atoms with Crippen LogP contribution in [0.5, 0.6) is 11.5 Å². The summed E-state index contributed by atoms with van der Waals surface area (Å²) in [4.78, 5) is 3.94. The first-order chi connectivity index (χ1) is 15.2. The fourth-order valence-electron chi connectivity index (χ4n) is 4.41. The van der Waals surface area contributed by atoms with E-state index in [0.29, 0.717) is 6.54 Å². The topological polar surface area (TPSA) is 69.7 Å². The first-order valence-corrected chi connectivity index (χ1v) is 10.8. The Bertz CT molecular complexity index is 966. The molecule has 31 heavy (non-hydrogen) atoms. The van der Waals surface area contributed by atoms with Gasteiger partial charge in [-0.2, -0.15) is 0 Å². The highest BCUT2D eigenvalue weighted by Gasteiger charge is 2.32. The smallest absolute Gasteiger partial charge is 0.209 e. The molecule has 2 heterocycles. The molecular formula is C23H31N6O2+. The van der Waals surface area contributed by atoms with Crippen molar-refractivity contribution in [3.05, 3.63) is 59.9 Å². The first-order valence-electron chi connectivity index (χ1n) is 10.8. The predicted molar refractivity (Wildman–Crippen MR) is 119 cm³/mol. The SMILES string of the molecule is CC[C@@H](c1nnnn1Cc1ccc(OC)cc1)[NH+]1CCN(c2ccccc2OC)CC1. The summed E-state index contributed by atoms with van der Waals surface area (Å²) in [5.41, 5.74) is 2.32. The van der Waals surface area contributed by atoms with Crippen molar-refractivity contribution >= 4 is 5.69 Å². The van der Waals surface area contributed by atoms with Crippen molar-refractivity contribution in [1.82, 2.24) is 20.2 Å². The molecule has 1 N–H and O–H groups in total. The number of aromatic nitrogens is 4. The minimum absolute atomic E-state index is 0.271. The van der Waals surface area contributed by atoms with Crippen molar-refractivity contribution in [2.45, 2.75) is 25.9 Å². The van der Waals surface area contributed by atoms with Crippen molar-refractivity contribution in [1.29, 1.82) is 0 Å². The first kappa shape index (κ1) is 21.1. The van der Waals surface area contributed by atoms with E-state index in [1.165, 1.54) is 10.6 Å². The van der Waals surface area contributed by atoms with Gasteiger partial charge in [0.1, 0.15) is 17.5 Å². The molecule has 0 aliphatic carbocycles. The van der Waals surface area contributed by atoms with Crippen LogP contribution in [0, 0.1) is 0 Å². The number of para-hydroxylation sites is 2. The van der Waals surface area contributed by atoms with Gasteiger partial charge in [0.05, 0.1) is 52.6 Å². The molecule has 8 heteroatoms. The Kier molecular flexibility index (Phi) is 6.66. The van der Waals surface area contributed by atoms with E-state index >= 15 is 0 Å². The van der Waals surface area contributed by atoms with Gasteiger partial charge in [-0.15, -0.1) is 5.10 Å². The van der Waals surface area contributed by atoms with E-state index in [1.807, 2.05) is 28.9 Å². The van der Waals surface area contributed by atoms with Crippen LogP contribution >= 0.6 is 0 Å². The van der Waals surface area contributed by atoms with Crippen molar-refractivity contribution < 1.29 is 14.4 Å². The number of piperazine rings is 1. The number of anilines is 1. The Morgan fingerprint density at radius 2 is 1.74 bits per heavy atom. The maximum atomic E-state index is 5.55. The Labute approximate surface area is 183 Å². The highest BCUT2D eigenvalue weighted by atomic mass is 16.5.